The summed E-state index contributed by atoms with van der Waals surface area (Å²) in [6.45, 7) is 1.81. The summed E-state index contributed by atoms with van der Waals surface area (Å²) in [5.41, 5.74) is 0.769. The summed E-state index contributed by atoms with van der Waals surface area (Å²) >= 11 is 0. The highest BCUT2D eigenvalue weighted by Gasteiger charge is 2.47. The van der Waals surface area contributed by atoms with Gasteiger partial charge < -0.3 is 10.6 Å². The fraction of sp³-hybridized carbons (Fsp3) is 0.455. The van der Waals surface area contributed by atoms with Gasteiger partial charge in [-0.15, -0.1) is 0 Å². The van der Waals surface area contributed by atoms with E-state index in [0.29, 0.717) is 0 Å². The highest BCUT2D eigenvalue weighted by molar-refractivity contribution is 6.05. The molecule has 2 aliphatic heterocycles. The summed E-state index contributed by atoms with van der Waals surface area (Å²) in [6.07, 6.45) is 3.47. The van der Waals surface area contributed by atoms with Crippen LogP contribution in [0.1, 0.15) is 18.4 Å². The quantitative estimate of drug-likeness (QED) is 0.651. The van der Waals surface area contributed by atoms with Crippen LogP contribution in [0.4, 0.5) is 5.82 Å². The molecule has 1 amide bonds. The van der Waals surface area contributed by atoms with Gasteiger partial charge in [0.2, 0.25) is 5.91 Å². The monoisotopic (exact) mass is 203 g/mol. The van der Waals surface area contributed by atoms with Crippen molar-refractivity contribution < 1.29 is 4.79 Å². The third kappa shape index (κ3) is 1.11. The molecule has 0 bridgehead atoms. The summed E-state index contributed by atoms with van der Waals surface area (Å²) in [4.78, 5) is 16.2. The van der Waals surface area contributed by atoms with Gasteiger partial charge in [0.05, 0.1) is 5.41 Å². The highest BCUT2D eigenvalue weighted by atomic mass is 16.2. The van der Waals surface area contributed by atoms with E-state index in [0.717, 1.165) is 37.3 Å². The Balaban J connectivity index is 2.11. The van der Waals surface area contributed by atoms with Gasteiger partial charge in [-0.2, -0.15) is 0 Å². The SMILES string of the molecule is O=C1Nc2ncccc2C12CCNCC2. The number of aromatic nitrogens is 1. The second-order valence-corrected chi connectivity index (χ2v) is 4.19. The Kier molecular flexibility index (Phi) is 1.79. The molecule has 3 rings (SSSR count). The number of carbonyl (C=O) groups excluding carboxylic acids is 1. The van der Waals surface area contributed by atoms with E-state index in [1.807, 2.05) is 12.1 Å². The fourth-order valence-corrected chi connectivity index (χ4v) is 2.59. The maximum Gasteiger partial charge on any atom is 0.236 e. The number of piperidine rings is 1. The number of nitrogens with zero attached hydrogens (tertiary/aromatic N) is 1. The van der Waals surface area contributed by atoms with Gasteiger partial charge in [-0.05, 0) is 32.0 Å². The summed E-state index contributed by atoms with van der Waals surface area (Å²) in [6, 6.07) is 3.93. The van der Waals surface area contributed by atoms with E-state index in [1.54, 1.807) is 6.20 Å². The summed E-state index contributed by atoms with van der Waals surface area (Å²) in [5, 5.41) is 6.17. The lowest BCUT2D eigenvalue weighted by Crippen LogP contribution is -2.44. The predicted molar refractivity (Wildman–Crippen MR) is 56.6 cm³/mol. The Hall–Kier alpha value is -1.42. The molecule has 0 aromatic carbocycles. The molecule has 2 aliphatic rings. The molecular weight excluding hydrogens is 190 g/mol. The number of hydrogen-bond donors (Lipinski definition) is 2. The van der Waals surface area contributed by atoms with Gasteiger partial charge in [0.1, 0.15) is 5.82 Å². The van der Waals surface area contributed by atoms with Crippen LogP contribution in [0.3, 0.4) is 0 Å². The zero-order valence-electron chi connectivity index (χ0n) is 8.42. The topological polar surface area (TPSA) is 54.0 Å². The normalized spacial score (nSPS) is 22.5. The van der Waals surface area contributed by atoms with E-state index in [4.69, 9.17) is 0 Å². The van der Waals surface area contributed by atoms with Gasteiger partial charge in [0, 0.05) is 11.8 Å². The molecule has 0 aliphatic carbocycles. The molecule has 15 heavy (non-hydrogen) atoms. The molecule has 1 spiro atoms. The van der Waals surface area contributed by atoms with Crippen LogP contribution >= 0.6 is 0 Å². The molecule has 78 valence electrons. The van der Waals surface area contributed by atoms with Crippen LogP contribution in [0, 0.1) is 0 Å². The molecule has 0 atom stereocenters. The Bertz CT molecular complexity index is 410. The van der Waals surface area contributed by atoms with Gasteiger partial charge in [0.15, 0.2) is 0 Å². The van der Waals surface area contributed by atoms with Crippen LogP contribution in [0.5, 0.6) is 0 Å². The number of amides is 1. The molecule has 2 N–H and O–H groups in total. The molecule has 4 nitrogen and oxygen atoms in total. The number of nitrogens with one attached hydrogen (secondary N) is 2. The van der Waals surface area contributed by atoms with E-state index < -0.39 is 0 Å². The zero-order chi connectivity index (χ0) is 10.3. The molecule has 1 aromatic heterocycles. The van der Waals surface area contributed by atoms with Crippen LogP contribution < -0.4 is 10.6 Å². The number of pyridine rings is 1. The largest absolute Gasteiger partial charge is 0.317 e. The maximum absolute atomic E-state index is 12.0. The van der Waals surface area contributed by atoms with Crippen molar-refractivity contribution in [2.45, 2.75) is 18.3 Å². The van der Waals surface area contributed by atoms with Crippen molar-refractivity contribution in [3.05, 3.63) is 23.9 Å². The second-order valence-electron chi connectivity index (χ2n) is 4.19. The average molecular weight is 203 g/mol. The molecule has 4 heteroatoms. The van der Waals surface area contributed by atoms with E-state index in [2.05, 4.69) is 15.6 Å². The highest BCUT2D eigenvalue weighted by Crippen LogP contribution is 2.42. The Labute approximate surface area is 88.1 Å². The average Bonchev–Trinajstić information content (AvgIpc) is 2.55. The van der Waals surface area contributed by atoms with Crippen LogP contribution in [-0.4, -0.2) is 24.0 Å². The van der Waals surface area contributed by atoms with Crippen molar-refractivity contribution >= 4 is 11.7 Å². The van der Waals surface area contributed by atoms with E-state index in [-0.39, 0.29) is 11.3 Å². The minimum atomic E-state index is -0.311. The molecule has 1 fully saturated rings. The molecule has 0 saturated carbocycles. The Morgan fingerprint density at radius 1 is 1.33 bits per heavy atom. The van der Waals surface area contributed by atoms with Crippen LogP contribution in [-0.2, 0) is 10.2 Å². The van der Waals surface area contributed by atoms with Crippen molar-refractivity contribution in [3.8, 4) is 0 Å². The molecule has 3 heterocycles. The second kappa shape index (κ2) is 3.03. The smallest absolute Gasteiger partial charge is 0.236 e. The van der Waals surface area contributed by atoms with Gasteiger partial charge >= 0.3 is 0 Å². The standard InChI is InChI=1S/C11H13N3O/c15-10-11(3-6-12-7-4-11)8-2-1-5-13-9(8)14-10/h1-2,5,12H,3-4,6-7H2,(H,13,14,15). The number of hydrogen-bond acceptors (Lipinski definition) is 3. The number of anilines is 1. The minimum Gasteiger partial charge on any atom is -0.317 e. The first-order valence-electron chi connectivity index (χ1n) is 5.31. The lowest BCUT2D eigenvalue weighted by Gasteiger charge is -2.31. The first kappa shape index (κ1) is 8.85. The van der Waals surface area contributed by atoms with E-state index in [1.165, 1.54) is 0 Å². The van der Waals surface area contributed by atoms with Gasteiger partial charge in [-0.25, -0.2) is 4.98 Å². The van der Waals surface area contributed by atoms with Crippen LogP contribution in [0.2, 0.25) is 0 Å². The maximum atomic E-state index is 12.0. The fourth-order valence-electron chi connectivity index (χ4n) is 2.59. The van der Waals surface area contributed by atoms with Crippen molar-refractivity contribution in [1.29, 1.82) is 0 Å². The van der Waals surface area contributed by atoms with Crippen LogP contribution in [0.25, 0.3) is 0 Å². The Morgan fingerprint density at radius 3 is 2.93 bits per heavy atom. The van der Waals surface area contributed by atoms with Crippen molar-refractivity contribution in [1.82, 2.24) is 10.3 Å². The van der Waals surface area contributed by atoms with Crippen molar-refractivity contribution in [2.75, 3.05) is 18.4 Å². The van der Waals surface area contributed by atoms with Crippen LogP contribution in [0.15, 0.2) is 18.3 Å². The first-order valence-corrected chi connectivity index (χ1v) is 5.31. The summed E-state index contributed by atoms with van der Waals surface area (Å²) in [7, 11) is 0. The number of fused-ring (bicyclic) bond motifs is 2. The molecule has 0 unspecified atom stereocenters. The van der Waals surface area contributed by atoms with Gasteiger partial charge in [-0.1, -0.05) is 6.07 Å². The molecule has 1 saturated heterocycles. The van der Waals surface area contributed by atoms with Crippen molar-refractivity contribution in [2.24, 2.45) is 0 Å². The van der Waals surface area contributed by atoms with Gasteiger partial charge in [-0.3, -0.25) is 4.79 Å². The van der Waals surface area contributed by atoms with E-state index >= 15 is 0 Å². The third-order valence-corrected chi connectivity index (χ3v) is 3.45. The molecule has 1 aromatic rings. The third-order valence-electron chi connectivity index (χ3n) is 3.45. The van der Waals surface area contributed by atoms with E-state index in [9.17, 15) is 4.79 Å². The first-order chi connectivity index (χ1) is 7.33. The predicted octanol–water partition coefficient (Wildman–Crippen LogP) is 0.655. The molecular formula is C11H13N3O. The summed E-state index contributed by atoms with van der Waals surface area (Å²) < 4.78 is 0. The van der Waals surface area contributed by atoms with Crippen molar-refractivity contribution in [3.63, 3.8) is 0 Å². The minimum absolute atomic E-state index is 0.123. The number of carbonyl (C=O) groups is 1. The lowest BCUT2D eigenvalue weighted by atomic mass is 9.75. The number of rotatable bonds is 0. The summed E-state index contributed by atoms with van der Waals surface area (Å²) in [5.74, 6) is 0.877. The zero-order valence-corrected chi connectivity index (χ0v) is 8.42. The van der Waals surface area contributed by atoms with Gasteiger partial charge in [0.25, 0.3) is 0 Å². The Morgan fingerprint density at radius 2 is 2.13 bits per heavy atom. The lowest BCUT2D eigenvalue weighted by molar-refractivity contribution is -0.121. The molecule has 0 radical (unpaired) electrons.